The van der Waals surface area contributed by atoms with Gasteiger partial charge >= 0.3 is 0 Å². The summed E-state index contributed by atoms with van der Waals surface area (Å²) in [7, 11) is -3.55. The van der Waals surface area contributed by atoms with Crippen molar-refractivity contribution in [2.24, 2.45) is 0 Å². The van der Waals surface area contributed by atoms with Gasteiger partial charge < -0.3 is 9.47 Å². The SMILES string of the molecule is Cc1ccc(OC2CCN(S(=O)(=O)c3ccc(OC(C)C)cc3)C2)nn1. The van der Waals surface area contributed by atoms with Crippen LogP contribution in [0.3, 0.4) is 0 Å². The molecule has 1 unspecified atom stereocenters. The van der Waals surface area contributed by atoms with Gasteiger partial charge in [-0.2, -0.15) is 9.40 Å². The molecule has 0 amide bonds. The van der Waals surface area contributed by atoms with Crippen LogP contribution in [-0.4, -0.2) is 48.2 Å². The molecule has 1 aromatic carbocycles. The summed E-state index contributed by atoms with van der Waals surface area (Å²) in [6, 6.07) is 10.1. The van der Waals surface area contributed by atoms with E-state index in [2.05, 4.69) is 10.2 Å². The largest absolute Gasteiger partial charge is 0.491 e. The summed E-state index contributed by atoms with van der Waals surface area (Å²) in [5.41, 5.74) is 0.804. The Balaban J connectivity index is 1.65. The first-order valence-corrected chi connectivity index (χ1v) is 10.0. The van der Waals surface area contributed by atoms with E-state index < -0.39 is 10.0 Å². The fraction of sp³-hybridized carbons (Fsp3) is 0.444. The predicted molar refractivity (Wildman–Crippen MR) is 96.8 cm³/mol. The van der Waals surface area contributed by atoms with Gasteiger partial charge in [-0.3, -0.25) is 0 Å². The molecular formula is C18H23N3O4S. The Morgan fingerprint density at radius 2 is 1.85 bits per heavy atom. The van der Waals surface area contributed by atoms with E-state index in [9.17, 15) is 8.42 Å². The van der Waals surface area contributed by atoms with Gasteiger partial charge in [0.2, 0.25) is 15.9 Å². The first-order chi connectivity index (χ1) is 12.3. The fourth-order valence-corrected chi connectivity index (χ4v) is 4.23. The van der Waals surface area contributed by atoms with Gasteiger partial charge in [0.25, 0.3) is 0 Å². The molecule has 0 spiro atoms. The van der Waals surface area contributed by atoms with E-state index in [-0.39, 0.29) is 17.1 Å². The van der Waals surface area contributed by atoms with Crippen molar-refractivity contribution >= 4 is 10.0 Å². The van der Waals surface area contributed by atoms with Crippen molar-refractivity contribution in [2.75, 3.05) is 13.1 Å². The highest BCUT2D eigenvalue weighted by atomic mass is 32.2. The number of aryl methyl sites for hydroxylation is 1. The second kappa shape index (κ2) is 7.59. The van der Waals surface area contributed by atoms with Crippen LogP contribution in [0.2, 0.25) is 0 Å². The van der Waals surface area contributed by atoms with Crippen molar-refractivity contribution in [1.82, 2.24) is 14.5 Å². The molecule has 26 heavy (non-hydrogen) atoms. The summed E-state index contributed by atoms with van der Waals surface area (Å²) in [4.78, 5) is 0.254. The Morgan fingerprint density at radius 1 is 1.12 bits per heavy atom. The van der Waals surface area contributed by atoms with E-state index in [0.717, 1.165) is 5.69 Å². The van der Waals surface area contributed by atoms with Crippen LogP contribution in [0.25, 0.3) is 0 Å². The number of hydrogen-bond donors (Lipinski definition) is 0. The van der Waals surface area contributed by atoms with Gasteiger partial charge in [-0.05, 0) is 57.5 Å². The highest BCUT2D eigenvalue weighted by Gasteiger charge is 2.33. The van der Waals surface area contributed by atoms with Gasteiger partial charge in [-0.1, -0.05) is 0 Å². The topological polar surface area (TPSA) is 81.6 Å². The maximum Gasteiger partial charge on any atom is 0.243 e. The molecule has 0 aliphatic carbocycles. The Kier molecular flexibility index (Phi) is 5.43. The number of sulfonamides is 1. The second-order valence-corrected chi connectivity index (χ2v) is 8.48. The van der Waals surface area contributed by atoms with Crippen molar-refractivity contribution in [3.63, 3.8) is 0 Å². The molecule has 1 fully saturated rings. The molecule has 0 radical (unpaired) electrons. The minimum Gasteiger partial charge on any atom is -0.491 e. The summed E-state index contributed by atoms with van der Waals surface area (Å²) < 4.78 is 38.4. The van der Waals surface area contributed by atoms with Crippen LogP contribution in [0.1, 0.15) is 26.0 Å². The van der Waals surface area contributed by atoms with Gasteiger partial charge in [0.15, 0.2) is 0 Å². The van der Waals surface area contributed by atoms with Gasteiger partial charge in [-0.15, -0.1) is 5.10 Å². The molecule has 0 saturated carbocycles. The zero-order valence-corrected chi connectivity index (χ0v) is 15.9. The zero-order valence-electron chi connectivity index (χ0n) is 15.1. The monoisotopic (exact) mass is 377 g/mol. The normalized spacial score (nSPS) is 18.2. The van der Waals surface area contributed by atoms with E-state index in [1.54, 1.807) is 30.3 Å². The number of aromatic nitrogens is 2. The van der Waals surface area contributed by atoms with Crippen LogP contribution in [-0.2, 0) is 10.0 Å². The number of nitrogens with zero attached hydrogens (tertiary/aromatic N) is 3. The summed E-state index contributed by atoms with van der Waals surface area (Å²) >= 11 is 0. The van der Waals surface area contributed by atoms with Crippen molar-refractivity contribution < 1.29 is 17.9 Å². The quantitative estimate of drug-likeness (QED) is 0.769. The number of hydrogen-bond acceptors (Lipinski definition) is 6. The molecule has 1 saturated heterocycles. The van der Waals surface area contributed by atoms with Crippen LogP contribution in [0.5, 0.6) is 11.6 Å². The number of ether oxygens (including phenoxy) is 2. The van der Waals surface area contributed by atoms with E-state index >= 15 is 0 Å². The van der Waals surface area contributed by atoms with Gasteiger partial charge in [0.1, 0.15) is 11.9 Å². The van der Waals surface area contributed by atoms with Gasteiger partial charge in [0.05, 0.1) is 23.2 Å². The third-order valence-electron chi connectivity index (χ3n) is 4.00. The lowest BCUT2D eigenvalue weighted by Gasteiger charge is -2.17. The smallest absolute Gasteiger partial charge is 0.243 e. The highest BCUT2D eigenvalue weighted by Crippen LogP contribution is 2.25. The summed E-state index contributed by atoms with van der Waals surface area (Å²) in [5.74, 6) is 1.06. The van der Waals surface area contributed by atoms with E-state index in [1.807, 2.05) is 26.8 Å². The average molecular weight is 377 g/mol. The molecule has 0 bridgehead atoms. The molecule has 8 heteroatoms. The molecule has 1 aliphatic heterocycles. The first kappa shape index (κ1) is 18.6. The number of benzene rings is 1. The van der Waals surface area contributed by atoms with Crippen molar-refractivity contribution in [3.8, 4) is 11.6 Å². The van der Waals surface area contributed by atoms with Crippen LogP contribution < -0.4 is 9.47 Å². The van der Waals surface area contributed by atoms with Gasteiger partial charge in [-0.25, -0.2) is 8.42 Å². The van der Waals surface area contributed by atoms with Crippen LogP contribution in [0.4, 0.5) is 0 Å². The summed E-state index contributed by atoms with van der Waals surface area (Å²) in [6.07, 6.45) is 0.424. The maximum absolute atomic E-state index is 12.8. The lowest BCUT2D eigenvalue weighted by Crippen LogP contribution is -2.31. The molecule has 0 N–H and O–H groups in total. The molecule has 1 atom stereocenters. The molecule has 1 aliphatic rings. The zero-order chi connectivity index (χ0) is 18.7. The minimum absolute atomic E-state index is 0.0406. The van der Waals surface area contributed by atoms with Crippen molar-refractivity contribution in [3.05, 3.63) is 42.1 Å². The van der Waals surface area contributed by atoms with E-state index in [1.165, 1.54) is 4.31 Å². The third kappa shape index (κ3) is 4.31. The van der Waals surface area contributed by atoms with Crippen LogP contribution >= 0.6 is 0 Å². The third-order valence-corrected chi connectivity index (χ3v) is 5.88. The highest BCUT2D eigenvalue weighted by molar-refractivity contribution is 7.89. The van der Waals surface area contributed by atoms with E-state index in [4.69, 9.17) is 9.47 Å². The Morgan fingerprint density at radius 3 is 2.46 bits per heavy atom. The lowest BCUT2D eigenvalue weighted by molar-refractivity contribution is 0.204. The van der Waals surface area contributed by atoms with E-state index in [0.29, 0.717) is 31.1 Å². The Labute approximate surface area is 154 Å². The number of rotatable bonds is 6. The van der Waals surface area contributed by atoms with Crippen molar-refractivity contribution in [2.45, 2.75) is 44.3 Å². The average Bonchev–Trinajstić information content (AvgIpc) is 3.06. The Bertz CT molecular complexity index is 836. The molecule has 140 valence electrons. The second-order valence-electron chi connectivity index (χ2n) is 6.54. The van der Waals surface area contributed by atoms with Gasteiger partial charge in [0, 0.05) is 12.6 Å². The molecule has 7 nitrogen and oxygen atoms in total. The summed E-state index contributed by atoms with van der Waals surface area (Å²) in [5, 5.41) is 7.91. The first-order valence-electron chi connectivity index (χ1n) is 8.58. The lowest BCUT2D eigenvalue weighted by atomic mass is 10.3. The van der Waals surface area contributed by atoms with Crippen LogP contribution in [0, 0.1) is 6.92 Å². The molecule has 3 rings (SSSR count). The fourth-order valence-electron chi connectivity index (χ4n) is 2.74. The molecular weight excluding hydrogens is 354 g/mol. The van der Waals surface area contributed by atoms with Crippen LogP contribution in [0.15, 0.2) is 41.3 Å². The molecule has 1 aromatic heterocycles. The maximum atomic E-state index is 12.8. The molecule has 2 heterocycles. The predicted octanol–water partition coefficient (Wildman–Crippen LogP) is 2.41. The van der Waals surface area contributed by atoms with Crippen molar-refractivity contribution in [1.29, 1.82) is 0 Å². The minimum atomic E-state index is -3.55. The standard InChI is InChI=1S/C18H23N3O4S/c1-13(2)24-15-5-7-17(8-6-15)26(22,23)21-11-10-16(12-21)25-18-9-4-14(3)19-20-18/h4-9,13,16H,10-12H2,1-3H3. The molecule has 2 aromatic rings. The Hall–Kier alpha value is -2.19. The summed E-state index contributed by atoms with van der Waals surface area (Å²) in [6.45, 7) is 6.40.